The van der Waals surface area contributed by atoms with Crippen LogP contribution in [0.1, 0.15) is 18.4 Å². The predicted octanol–water partition coefficient (Wildman–Crippen LogP) is -0.174. The number of nitrogens with zero attached hydrogens (tertiary/aromatic N) is 2. The van der Waals surface area contributed by atoms with Gasteiger partial charge in [-0.25, -0.2) is 8.42 Å². The molecule has 1 aromatic carbocycles. The topological polar surface area (TPSA) is 146 Å². The summed E-state index contributed by atoms with van der Waals surface area (Å²) in [6.07, 6.45) is 1.31. The largest absolute Gasteiger partial charge is 0.493 e. The standard InChI is InChI=1S/C15H23N5O3S/c16-9-14(19-20-15(17)18)12-1-3-13(4-2-12)23-10-11-5-7-24(21,22)8-6-11/h1-4,11H,5-10,16H2,(H4,17,18,20)/b19-14+. The number of ether oxygens (including phenoxy) is 1. The number of rotatable bonds is 6. The molecule has 0 unspecified atom stereocenters. The van der Waals surface area contributed by atoms with Gasteiger partial charge in [0, 0.05) is 6.54 Å². The Hall–Kier alpha value is -2.13. The van der Waals surface area contributed by atoms with Gasteiger partial charge in [0.1, 0.15) is 15.6 Å². The van der Waals surface area contributed by atoms with Gasteiger partial charge in [-0.3, -0.25) is 0 Å². The Morgan fingerprint density at radius 2 is 1.75 bits per heavy atom. The van der Waals surface area contributed by atoms with Crippen molar-refractivity contribution in [2.24, 2.45) is 33.3 Å². The zero-order valence-corrected chi connectivity index (χ0v) is 14.2. The minimum atomic E-state index is -2.84. The second kappa shape index (κ2) is 8.11. The lowest BCUT2D eigenvalue weighted by Gasteiger charge is -2.22. The van der Waals surface area contributed by atoms with Crippen LogP contribution in [0.5, 0.6) is 5.75 Å². The maximum atomic E-state index is 11.4. The van der Waals surface area contributed by atoms with E-state index in [0.29, 0.717) is 30.9 Å². The van der Waals surface area contributed by atoms with E-state index >= 15 is 0 Å². The Morgan fingerprint density at radius 1 is 1.12 bits per heavy atom. The number of nitrogens with two attached hydrogens (primary N) is 3. The first-order valence-corrected chi connectivity index (χ1v) is 9.51. The Morgan fingerprint density at radius 3 is 2.29 bits per heavy atom. The lowest BCUT2D eigenvalue weighted by molar-refractivity contribution is 0.238. The van der Waals surface area contributed by atoms with Crippen molar-refractivity contribution in [1.82, 2.24) is 0 Å². The molecule has 1 saturated heterocycles. The van der Waals surface area contributed by atoms with Crippen molar-refractivity contribution in [2.45, 2.75) is 12.8 Å². The fourth-order valence-corrected chi connectivity index (χ4v) is 3.99. The molecule has 1 heterocycles. The van der Waals surface area contributed by atoms with Gasteiger partial charge < -0.3 is 21.9 Å². The number of guanidine groups is 1. The fourth-order valence-electron chi connectivity index (χ4n) is 2.40. The van der Waals surface area contributed by atoms with Crippen LogP contribution in [0.25, 0.3) is 0 Å². The van der Waals surface area contributed by atoms with Gasteiger partial charge in [-0.15, -0.1) is 5.10 Å². The zero-order chi connectivity index (χ0) is 17.6. The second-order valence-electron chi connectivity index (χ2n) is 5.71. The molecule has 0 saturated carbocycles. The van der Waals surface area contributed by atoms with Crippen LogP contribution in [0.3, 0.4) is 0 Å². The molecule has 0 aromatic heterocycles. The van der Waals surface area contributed by atoms with Crippen LogP contribution in [-0.2, 0) is 9.84 Å². The smallest absolute Gasteiger partial charge is 0.211 e. The summed E-state index contributed by atoms with van der Waals surface area (Å²) in [5, 5.41) is 7.51. The van der Waals surface area contributed by atoms with Crippen molar-refractivity contribution in [1.29, 1.82) is 0 Å². The van der Waals surface area contributed by atoms with Crippen LogP contribution in [0.2, 0.25) is 0 Å². The molecule has 8 nitrogen and oxygen atoms in total. The van der Waals surface area contributed by atoms with Crippen molar-refractivity contribution in [3.05, 3.63) is 29.8 Å². The van der Waals surface area contributed by atoms with Gasteiger partial charge in [0.2, 0.25) is 5.96 Å². The molecular weight excluding hydrogens is 330 g/mol. The van der Waals surface area contributed by atoms with Gasteiger partial charge in [-0.05, 0) is 48.6 Å². The molecular formula is C15H23N5O3S. The third kappa shape index (κ3) is 5.50. The zero-order valence-electron chi connectivity index (χ0n) is 13.4. The molecule has 132 valence electrons. The van der Waals surface area contributed by atoms with E-state index in [0.717, 1.165) is 5.56 Å². The average molecular weight is 353 g/mol. The maximum absolute atomic E-state index is 11.4. The molecule has 9 heteroatoms. The van der Waals surface area contributed by atoms with Crippen LogP contribution in [0.15, 0.2) is 34.5 Å². The normalized spacial score (nSPS) is 18.1. The van der Waals surface area contributed by atoms with Crippen LogP contribution < -0.4 is 21.9 Å². The molecule has 0 amide bonds. The Kier molecular flexibility index (Phi) is 6.16. The molecule has 0 atom stereocenters. The summed E-state index contributed by atoms with van der Waals surface area (Å²) in [7, 11) is -2.84. The highest BCUT2D eigenvalue weighted by Gasteiger charge is 2.23. The molecule has 1 fully saturated rings. The highest BCUT2D eigenvalue weighted by atomic mass is 32.2. The average Bonchev–Trinajstić information content (AvgIpc) is 2.55. The van der Waals surface area contributed by atoms with E-state index in [1.165, 1.54) is 0 Å². The van der Waals surface area contributed by atoms with E-state index in [9.17, 15) is 8.42 Å². The first-order valence-electron chi connectivity index (χ1n) is 7.69. The number of hydrogen-bond acceptors (Lipinski definition) is 6. The van der Waals surface area contributed by atoms with E-state index in [-0.39, 0.29) is 29.9 Å². The first kappa shape index (κ1) is 18.2. The van der Waals surface area contributed by atoms with Gasteiger partial charge in [0.05, 0.1) is 23.8 Å². The lowest BCUT2D eigenvalue weighted by atomic mass is 10.0. The Balaban J connectivity index is 1.92. The summed E-state index contributed by atoms with van der Waals surface area (Å²) in [6, 6.07) is 7.29. The van der Waals surface area contributed by atoms with Gasteiger partial charge in [0.25, 0.3) is 0 Å². The quantitative estimate of drug-likeness (QED) is 0.367. The monoisotopic (exact) mass is 353 g/mol. The fraction of sp³-hybridized carbons (Fsp3) is 0.467. The maximum Gasteiger partial charge on any atom is 0.211 e. The molecule has 1 aromatic rings. The van der Waals surface area contributed by atoms with Crippen molar-refractivity contribution >= 4 is 21.5 Å². The molecule has 6 N–H and O–H groups in total. The summed E-state index contributed by atoms with van der Waals surface area (Å²) < 4.78 is 28.6. The van der Waals surface area contributed by atoms with E-state index < -0.39 is 9.84 Å². The molecule has 0 bridgehead atoms. The van der Waals surface area contributed by atoms with Crippen molar-refractivity contribution in [3.8, 4) is 5.75 Å². The molecule has 1 aliphatic heterocycles. The second-order valence-corrected chi connectivity index (χ2v) is 8.01. The molecule has 2 rings (SSSR count). The van der Waals surface area contributed by atoms with E-state index in [1.54, 1.807) is 0 Å². The third-order valence-electron chi connectivity index (χ3n) is 3.83. The Bertz CT molecular complexity index is 695. The minimum Gasteiger partial charge on any atom is -0.493 e. The minimum absolute atomic E-state index is 0.129. The van der Waals surface area contributed by atoms with Crippen LogP contribution in [-0.4, -0.2) is 44.7 Å². The highest BCUT2D eigenvalue weighted by Crippen LogP contribution is 2.21. The summed E-state index contributed by atoms with van der Waals surface area (Å²) in [6.45, 7) is 0.717. The van der Waals surface area contributed by atoms with Gasteiger partial charge in [-0.1, -0.05) is 0 Å². The summed E-state index contributed by atoms with van der Waals surface area (Å²) in [4.78, 5) is 0. The number of hydrogen-bond donors (Lipinski definition) is 3. The number of benzene rings is 1. The molecule has 0 spiro atoms. The summed E-state index contributed by atoms with van der Waals surface area (Å²) >= 11 is 0. The lowest BCUT2D eigenvalue weighted by Crippen LogP contribution is -2.26. The summed E-state index contributed by atoms with van der Waals surface area (Å²) in [5.41, 5.74) is 17.5. The van der Waals surface area contributed by atoms with E-state index in [1.807, 2.05) is 24.3 Å². The molecule has 0 aliphatic carbocycles. The third-order valence-corrected chi connectivity index (χ3v) is 5.54. The molecule has 1 aliphatic rings. The first-order chi connectivity index (χ1) is 11.4. The van der Waals surface area contributed by atoms with Gasteiger partial charge in [0.15, 0.2) is 0 Å². The van der Waals surface area contributed by atoms with Crippen LogP contribution in [0, 0.1) is 5.92 Å². The van der Waals surface area contributed by atoms with E-state index in [4.69, 9.17) is 21.9 Å². The molecule has 24 heavy (non-hydrogen) atoms. The predicted molar refractivity (Wildman–Crippen MR) is 94.7 cm³/mol. The highest BCUT2D eigenvalue weighted by molar-refractivity contribution is 7.91. The summed E-state index contributed by atoms with van der Waals surface area (Å²) in [5.74, 6) is 1.36. The van der Waals surface area contributed by atoms with Crippen LogP contribution >= 0.6 is 0 Å². The van der Waals surface area contributed by atoms with Gasteiger partial charge in [-0.2, -0.15) is 5.10 Å². The van der Waals surface area contributed by atoms with Crippen LogP contribution in [0.4, 0.5) is 0 Å². The van der Waals surface area contributed by atoms with Gasteiger partial charge >= 0.3 is 0 Å². The molecule has 0 radical (unpaired) electrons. The van der Waals surface area contributed by atoms with E-state index in [2.05, 4.69) is 10.2 Å². The van der Waals surface area contributed by atoms with Crippen molar-refractivity contribution in [3.63, 3.8) is 0 Å². The van der Waals surface area contributed by atoms with Crippen molar-refractivity contribution < 1.29 is 13.2 Å². The number of sulfone groups is 1. The van der Waals surface area contributed by atoms with Crippen molar-refractivity contribution in [2.75, 3.05) is 24.7 Å². The Labute approximate surface area is 141 Å². The SMILES string of the molecule is NC/C(=N\N=C(N)N)c1ccc(OCC2CCS(=O)(=O)CC2)cc1.